The van der Waals surface area contributed by atoms with Gasteiger partial charge in [0.2, 0.25) is 0 Å². The fourth-order valence-corrected chi connectivity index (χ4v) is 1.53. The number of benzene rings is 1. The molecule has 1 aromatic rings. The van der Waals surface area contributed by atoms with Crippen LogP contribution in [0, 0.1) is 5.82 Å². The van der Waals surface area contributed by atoms with Gasteiger partial charge in [-0.05, 0) is 29.7 Å². The van der Waals surface area contributed by atoms with Crippen molar-refractivity contribution < 1.29 is 13.9 Å². The summed E-state index contributed by atoms with van der Waals surface area (Å²) in [4.78, 5) is 10.7. The van der Waals surface area contributed by atoms with E-state index in [1.54, 1.807) is 6.07 Å². The number of rotatable bonds is 5. The van der Waals surface area contributed by atoms with Gasteiger partial charge >= 0.3 is 5.97 Å². The zero-order chi connectivity index (χ0) is 12.7. The summed E-state index contributed by atoms with van der Waals surface area (Å²) in [7, 11) is 0. The SMILES string of the molecule is CCC/C(=C\c1cccc(F)c1)COC(C)=O. The lowest BCUT2D eigenvalue weighted by molar-refractivity contribution is -0.140. The minimum atomic E-state index is -0.300. The van der Waals surface area contributed by atoms with E-state index in [9.17, 15) is 9.18 Å². The predicted octanol–water partition coefficient (Wildman–Crippen LogP) is 3.57. The lowest BCUT2D eigenvalue weighted by Gasteiger charge is -2.06. The molecule has 3 heteroatoms. The highest BCUT2D eigenvalue weighted by Gasteiger charge is 2.01. The fourth-order valence-electron chi connectivity index (χ4n) is 1.53. The second-order valence-corrected chi connectivity index (χ2v) is 3.89. The third-order valence-electron chi connectivity index (χ3n) is 2.25. The average molecular weight is 236 g/mol. The average Bonchev–Trinajstić information content (AvgIpc) is 2.26. The second-order valence-electron chi connectivity index (χ2n) is 3.89. The molecule has 1 aromatic carbocycles. The summed E-state index contributed by atoms with van der Waals surface area (Å²) in [6, 6.07) is 6.36. The quantitative estimate of drug-likeness (QED) is 0.730. The second kappa shape index (κ2) is 6.84. The minimum Gasteiger partial charge on any atom is -0.461 e. The molecule has 0 atom stereocenters. The van der Waals surface area contributed by atoms with Crippen molar-refractivity contribution in [2.24, 2.45) is 0 Å². The Morgan fingerprint density at radius 3 is 2.82 bits per heavy atom. The van der Waals surface area contributed by atoms with E-state index >= 15 is 0 Å². The van der Waals surface area contributed by atoms with Crippen LogP contribution in [0.4, 0.5) is 4.39 Å². The predicted molar refractivity (Wildman–Crippen MR) is 65.9 cm³/mol. The molecule has 0 aromatic heterocycles. The first-order chi connectivity index (χ1) is 8.11. The largest absolute Gasteiger partial charge is 0.461 e. The van der Waals surface area contributed by atoms with Crippen LogP contribution >= 0.6 is 0 Å². The van der Waals surface area contributed by atoms with Gasteiger partial charge in [-0.15, -0.1) is 0 Å². The monoisotopic (exact) mass is 236 g/mol. The van der Waals surface area contributed by atoms with Crippen LogP contribution in [0.15, 0.2) is 29.8 Å². The molecule has 0 radical (unpaired) electrons. The number of halogens is 1. The number of ether oxygens (including phenoxy) is 1. The summed E-state index contributed by atoms with van der Waals surface area (Å²) in [5.41, 5.74) is 1.79. The summed E-state index contributed by atoms with van der Waals surface area (Å²) < 4.78 is 18.0. The Bertz CT molecular complexity index is 410. The van der Waals surface area contributed by atoms with Gasteiger partial charge in [-0.25, -0.2) is 4.39 Å². The van der Waals surface area contributed by atoms with E-state index in [2.05, 4.69) is 0 Å². The molecule has 0 aliphatic rings. The van der Waals surface area contributed by atoms with E-state index in [1.165, 1.54) is 19.1 Å². The smallest absolute Gasteiger partial charge is 0.302 e. The van der Waals surface area contributed by atoms with Crippen molar-refractivity contribution in [1.82, 2.24) is 0 Å². The first kappa shape index (κ1) is 13.4. The molecule has 0 unspecified atom stereocenters. The molecule has 2 nitrogen and oxygen atoms in total. The van der Waals surface area contributed by atoms with Crippen LogP contribution < -0.4 is 0 Å². The zero-order valence-corrected chi connectivity index (χ0v) is 10.2. The lowest BCUT2D eigenvalue weighted by Crippen LogP contribution is -2.03. The number of hydrogen-bond acceptors (Lipinski definition) is 2. The molecule has 1 rings (SSSR count). The Morgan fingerprint density at radius 1 is 1.47 bits per heavy atom. The first-order valence-corrected chi connectivity index (χ1v) is 5.70. The Morgan fingerprint density at radius 2 is 2.24 bits per heavy atom. The fraction of sp³-hybridized carbons (Fsp3) is 0.357. The molecular formula is C14H17FO2. The molecule has 0 aliphatic carbocycles. The van der Waals surface area contributed by atoms with Gasteiger partial charge in [0.05, 0.1) is 0 Å². The standard InChI is InChI=1S/C14H17FO2/c1-3-5-13(10-17-11(2)16)8-12-6-4-7-14(15)9-12/h4,6-9H,3,5,10H2,1-2H3/b13-8+. The van der Waals surface area contributed by atoms with Gasteiger partial charge in [-0.1, -0.05) is 31.6 Å². The number of esters is 1. The number of carbonyl (C=O) groups is 1. The molecule has 0 aliphatic heterocycles. The van der Waals surface area contributed by atoms with Crippen LogP contribution in [0.1, 0.15) is 32.3 Å². The third-order valence-corrected chi connectivity index (χ3v) is 2.25. The van der Waals surface area contributed by atoms with Crippen LogP contribution in [-0.4, -0.2) is 12.6 Å². The molecule has 0 heterocycles. The van der Waals surface area contributed by atoms with E-state index in [-0.39, 0.29) is 18.4 Å². The summed E-state index contributed by atoms with van der Waals surface area (Å²) in [6.45, 7) is 3.71. The van der Waals surface area contributed by atoms with Crippen molar-refractivity contribution >= 4 is 12.0 Å². The summed E-state index contributed by atoms with van der Waals surface area (Å²) in [6.07, 6.45) is 3.67. The van der Waals surface area contributed by atoms with Gasteiger partial charge in [-0.3, -0.25) is 4.79 Å². The highest BCUT2D eigenvalue weighted by Crippen LogP contribution is 2.13. The van der Waals surface area contributed by atoms with Gasteiger partial charge in [0, 0.05) is 6.92 Å². The maximum atomic E-state index is 13.0. The molecule has 0 fully saturated rings. The molecular weight excluding hydrogens is 219 g/mol. The maximum absolute atomic E-state index is 13.0. The van der Waals surface area contributed by atoms with Crippen LogP contribution in [0.2, 0.25) is 0 Å². The van der Waals surface area contributed by atoms with E-state index in [0.717, 1.165) is 24.0 Å². The van der Waals surface area contributed by atoms with Crippen molar-refractivity contribution in [2.45, 2.75) is 26.7 Å². The van der Waals surface area contributed by atoms with Crippen molar-refractivity contribution in [3.63, 3.8) is 0 Å². The van der Waals surface area contributed by atoms with E-state index in [0.29, 0.717) is 0 Å². The number of hydrogen-bond donors (Lipinski definition) is 0. The molecule has 17 heavy (non-hydrogen) atoms. The Balaban J connectivity index is 2.78. The van der Waals surface area contributed by atoms with E-state index in [4.69, 9.17) is 4.74 Å². The van der Waals surface area contributed by atoms with Crippen molar-refractivity contribution in [1.29, 1.82) is 0 Å². The molecule has 0 bridgehead atoms. The summed E-state index contributed by atoms with van der Waals surface area (Å²) in [5, 5.41) is 0. The van der Waals surface area contributed by atoms with Crippen LogP contribution in [0.25, 0.3) is 6.08 Å². The van der Waals surface area contributed by atoms with Gasteiger partial charge in [0.25, 0.3) is 0 Å². The minimum absolute atomic E-state index is 0.262. The molecule has 0 spiro atoms. The molecule has 0 amide bonds. The maximum Gasteiger partial charge on any atom is 0.302 e. The molecule has 0 saturated carbocycles. The highest BCUT2D eigenvalue weighted by molar-refractivity contribution is 5.66. The first-order valence-electron chi connectivity index (χ1n) is 5.70. The Labute approximate surface area is 101 Å². The third kappa shape index (κ3) is 5.29. The molecule has 92 valence electrons. The lowest BCUT2D eigenvalue weighted by atomic mass is 10.1. The zero-order valence-electron chi connectivity index (χ0n) is 10.2. The van der Waals surface area contributed by atoms with E-state index in [1.807, 2.05) is 19.1 Å². The van der Waals surface area contributed by atoms with Crippen LogP contribution in [-0.2, 0) is 9.53 Å². The van der Waals surface area contributed by atoms with Gasteiger partial charge in [0.1, 0.15) is 12.4 Å². The number of carbonyl (C=O) groups excluding carboxylic acids is 1. The highest BCUT2D eigenvalue weighted by atomic mass is 19.1. The normalized spacial score (nSPS) is 11.4. The van der Waals surface area contributed by atoms with Crippen LogP contribution in [0.3, 0.4) is 0 Å². The topological polar surface area (TPSA) is 26.3 Å². The molecule has 0 N–H and O–H groups in total. The summed E-state index contributed by atoms with van der Waals surface area (Å²) in [5.74, 6) is -0.562. The van der Waals surface area contributed by atoms with Gasteiger partial charge in [0.15, 0.2) is 0 Å². The van der Waals surface area contributed by atoms with Crippen LogP contribution in [0.5, 0.6) is 0 Å². The molecule has 0 saturated heterocycles. The summed E-state index contributed by atoms with van der Waals surface area (Å²) >= 11 is 0. The van der Waals surface area contributed by atoms with Crippen molar-refractivity contribution in [3.8, 4) is 0 Å². The van der Waals surface area contributed by atoms with Crippen molar-refractivity contribution in [3.05, 3.63) is 41.2 Å². The Kier molecular flexibility index (Phi) is 5.40. The van der Waals surface area contributed by atoms with Gasteiger partial charge in [-0.2, -0.15) is 0 Å². The Hall–Kier alpha value is -1.64. The van der Waals surface area contributed by atoms with E-state index < -0.39 is 0 Å². The van der Waals surface area contributed by atoms with Gasteiger partial charge < -0.3 is 4.74 Å². The van der Waals surface area contributed by atoms with Crippen molar-refractivity contribution in [2.75, 3.05) is 6.61 Å².